The van der Waals surface area contributed by atoms with E-state index in [4.69, 9.17) is 10.2 Å². The van der Waals surface area contributed by atoms with Gasteiger partial charge in [0, 0.05) is 0 Å². The molecule has 0 bridgehead atoms. The number of hydrogen-bond acceptors (Lipinski definition) is 2. The molecule has 0 radical (unpaired) electrons. The summed E-state index contributed by atoms with van der Waals surface area (Å²) in [5, 5.41) is 19.0. The maximum Gasteiger partial charge on any atom is 1.00 e. The Bertz CT molecular complexity index is 549. The summed E-state index contributed by atoms with van der Waals surface area (Å²) in [6.07, 6.45) is 0. The fourth-order valence-corrected chi connectivity index (χ4v) is 1.51. The van der Waals surface area contributed by atoms with Crippen LogP contribution in [0.1, 0.15) is 22.1 Å². The quantitative estimate of drug-likeness (QED) is 0.684. The molecule has 0 amide bonds. The van der Waals surface area contributed by atoms with Gasteiger partial charge in [0.05, 0.1) is 11.1 Å². The monoisotopic (exact) mass is 240 g/mol. The summed E-state index contributed by atoms with van der Waals surface area (Å²) >= 11 is 0. The molecule has 0 saturated heterocycles. The summed E-state index contributed by atoms with van der Waals surface area (Å²) in [7, 11) is 0. The number of carbonyl (C=O) groups is 2. The number of hydrogen-bond donors (Lipinski definition) is 2. The van der Waals surface area contributed by atoms with Crippen LogP contribution in [0, 0.1) is 0 Å². The van der Waals surface area contributed by atoms with Gasteiger partial charge in [0.2, 0.25) is 0 Å². The molecule has 0 saturated carbocycles. The Morgan fingerprint density at radius 2 is 1.24 bits per heavy atom. The van der Waals surface area contributed by atoms with E-state index >= 15 is 0 Å². The van der Waals surface area contributed by atoms with Gasteiger partial charge >= 0.3 is 41.5 Å². The van der Waals surface area contributed by atoms with E-state index in [2.05, 4.69) is 0 Å². The number of carboxylic acids is 2. The smallest absolute Gasteiger partial charge is 1.00 e. The largest absolute Gasteiger partial charge is 1.00 e. The summed E-state index contributed by atoms with van der Waals surface area (Å²) in [6.45, 7) is 0. The minimum absolute atomic E-state index is 0. The molecule has 0 aliphatic carbocycles. The molecule has 2 aromatic carbocycles. The van der Waals surface area contributed by atoms with Gasteiger partial charge in [0.15, 0.2) is 0 Å². The van der Waals surface area contributed by atoms with Crippen LogP contribution in [0.15, 0.2) is 36.4 Å². The maximum absolute atomic E-state index is 10.7. The predicted molar refractivity (Wildman–Crippen MR) is 59.0 cm³/mol. The Kier molecular flexibility index (Phi) is 4.28. The first-order chi connectivity index (χ1) is 7.58. The zero-order chi connectivity index (χ0) is 11.7. The first kappa shape index (κ1) is 13.7. The van der Waals surface area contributed by atoms with Gasteiger partial charge in [-0.2, -0.15) is 0 Å². The van der Waals surface area contributed by atoms with E-state index in [1.54, 1.807) is 12.1 Å². The molecule has 17 heavy (non-hydrogen) atoms. The van der Waals surface area contributed by atoms with E-state index < -0.39 is 11.9 Å². The van der Waals surface area contributed by atoms with Crippen molar-refractivity contribution in [2.75, 3.05) is 0 Å². The zero-order valence-electron chi connectivity index (χ0n) is 10.2. The number of rotatable bonds is 2. The van der Waals surface area contributed by atoms with Crippen molar-refractivity contribution in [2.24, 2.45) is 0 Å². The molecule has 0 aromatic heterocycles. The third-order valence-electron chi connectivity index (χ3n) is 2.33. The Labute approximate surface area is 121 Å². The topological polar surface area (TPSA) is 74.6 Å². The van der Waals surface area contributed by atoms with Gasteiger partial charge in [-0.25, -0.2) is 9.59 Å². The van der Waals surface area contributed by atoms with Crippen LogP contribution >= 0.6 is 0 Å². The second kappa shape index (κ2) is 5.31. The molecule has 2 N–H and O–H groups in total. The SMILES string of the molecule is O=C(O)c1ccc2ccc(C(=O)O)cc2c1.[H-].[Na+]. The van der Waals surface area contributed by atoms with Crippen molar-refractivity contribution in [1.29, 1.82) is 0 Å². The molecule has 4 nitrogen and oxygen atoms in total. The van der Waals surface area contributed by atoms with Crippen molar-refractivity contribution < 1.29 is 50.8 Å². The third-order valence-corrected chi connectivity index (χ3v) is 2.33. The van der Waals surface area contributed by atoms with Crippen molar-refractivity contribution in [3.05, 3.63) is 47.5 Å². The minimum atomic E-state index is -1.03. The van der Waals surface area contributed by atoms with E-state index in [0.717, 1.165) is 5.39 Å². The molecular formula is C12H9NaO4. The molecule has 0 atom stereocenters. The van der Waals surface area contributed by atoms with Crippen molar-refractivity contribution in [3.63, 3.8) is 0 Å². The standard InChI is InChI=1S/C12H8O4.Na.H/c13-11(14)8-3-1-7-2-4-9(12(15)16)6-10(7)5-8;;/h1-6H,(H,13,14)(H,15,16);;/q;+1;-1. The Balaban J connectivity index is 0.00000144. The summed E-state index contributed by atoms with van der Waals surface area (Å²) in [5.74, 6) is -2.05. The Hall–Kier alpha value is -1.36. The average Bonchev–Trinajstić information content (AvgIpc) is 2.27. The summed E-state index contributed by atoms with van der Waals surface area (Å²) in [4.78, 5) is 21.5. The first-order valence-corrected chi connectivity index (χ1v) is 4.58. The zero-order valence-corrected chi connectivity index (χ0v) is 11.2. The van der Waals surface area contributed by atoms with E-state index in [-0.39, 0.29) is 42.1 Å². The van der Waals surface area contributed by atoms with Crippen LogP contribution in [0.3, 0.4) is 0 Å². The molecule has 0 heterocycles. The Morgan fingerprint density at radius 3 is 1.59 bits per heavy atom. The van der Waals surface area contributed by atoms with Crippen molar-refractivity contribution in [1.82, 2.24) is 0 Å². The minimum Gasteiger partial charge on any atom is -1.00 e. The van der Waals surface area contributed by atoms with Crippen LogP contribution < -0.4 is 29.6 Å². The van der Waals surface area contributed by atoms with E-state index in [9.17, 15) is 9.59 Å². The predicted octanol–water partition coefficient (Wildman–Crippen LogP) is -0.647. The van der Waals surface area contributed by atoms with Gasteiger partial charge in [-0.3, -0.25) is 0 Å². The van der Waals surface area contributed by atoms with Gasteiger partial charge < -0.3 is 11.6 Å². The second-order valence-corrected chi connectivity index (χ2v) is 3.39. The second-order valence-electron chi connectivity index (χ2n) is 3.39. The molecule has 0 aliphatic heterocycles. The molecule has 5 heteroatoms. The molecular weight excluding hydrogens is 231 g/mol. The van der Waals surface area contributed by atoms with Gasteiger partial charge in [-0.15, -0.1) is 0 Å². The van der Waals surface area contributed by atoms with E-state index in [0.29, 0.717) is 5.39 Å². The first-order valence-electron chi connectivity index (χ1n) is 4.58. The van der Waals surface area contributed by atoms with Gasteiger partial charge in [0.1, 0.15) is 0 Å². The number of fused-ring (bicyclic) bond motifs is 1. The third kappa shape index (κ3) is 2.85. The van der Waals surface area contributed by atoms with Crippen LogP contribution in [0.2, 0.25) is 0 Å². The number of carboxylic acid groups (broad SMARTS) is 2. The molecule has 0 unspecified atom stereocenters. The van der Waals surface area contributed by atoms with Crippen molar-refractivity contribution in [2.45, 2.75) is 0 Å². The fraction of sp³-hybridized carbons (Fsp3) is 0. The Morgan fingerprint density at radius 1 is 0.824 bits per heavy atom. The van der Waals surface area contributed by atoms with Crippen LogP contribution in [0.25, 0.3) is 10.8 Å². The molecule has 0 aliphatic rings. The average molecular weight is 240 g/mol. The molecule has 2 aromatic rings. The summed E-state index contributed by atoms with van der Waals surface area (Å²) in [6, 6.07) is 9.22. The van der Waals surface area contributed by atoms with Gasteiger partial charge in [-0.1, -0.05) is 12.1 Å². The molecule has 82 valence electrons. The van der Waals surface area contributed by atoms with E-state index in [1.165, 1.54) is 24.3 Å². The van der Waals surface area contributed by atoms with Crippen LogP contribution in [-0.2, 0) is 0 Å². The van der Waals surface area contributed by atoms with Crippen molar-refractivity contribution >= 4 is 22.7 Å². The van der Waals surface area contributed by atoms with Gasteiger partial charge in [-0.05, 0) is 35.0 Å². The normalized spacial score (nSPS) is 9.65. The number of benzene rings is 2. The summed E-state index contributed by atoms with van der Waals surface area (Å²) < 4.78 is 0. The fourth-order valence-electron chi connectivity index (χ4n) is 1.51. The van der Waals surface area contributed by atoms with Crippen LogP contribution in [0.5, 0.6) is 0 Å². The van der Waals surface area contributed by atoms with Crippen LogP contribution in [0.4, 0.5) is 0 Å². The maximum atomic E-state index is 10.7. The molecule has 2 rings (SSSR count). The number of aromatic carboxylic acids is 2. The van der Waals surface area contributed by atoms with Gasteiger partial charge in [0.25, 0.3) is 0 Å². The summed E-state index contributed by atoms with van der Waals surface area (Å²) in [5.41, 5.74) is 0.296. The van der Waals surface area contributed by atoms with E-state index in [1.807, 2.05) is 0 Å². The van der Waals surface area contributed by atoms with Crippen molar-refractivity contribution in [3.8, 4) is 0 Å². The molecule has 0 fully saturated rings. The van der Waals surface area contributed by atoms with Crippen LogP contribution in [-0.4, -0.2) is 22.2 Å². The molecule has 0 spiro atoms.